The summed E-state index contributed by atoms with van der Waals surface area (Å²) in [6, 6.07) is 30.3. The Labute approximate surface area is 340 Å². The summed E-state index contributed by atoms with van der Waals surface area (Å²) in [7, 11) is 0. The number of phenols is 2. The zero-order chi connectivity index (χ0) is 39.7. The number of carbonyl (C=O) groups excluding carboxylic acids is 2. The van der Waals surface area contributed by atoms with Crippen molar-refractivity contribution in [2.24, 2.45) is 20.5 Å². The van der Waals surface area contributed by atoms with Crippen LogP contribution >= 0.6 is 46.4 Å². The summed E-state index contributed by atoms with van der Waals surface area (Å²) in [5.41, 5.74) is 3.06. The minimum Gasteiger partial charge on any atom is -0.505 e. The van der Waals surface area contributed by atoms with Gasteiger partial charge in [-0.3, -0.25) is 9.59 Å². The van der Waals surface area contributed by atoms with Crippen molar-refractivity contribution in [2.75, 3.05) is 10.6 Å². The molecule has 4 N–H and O–H groups in total. The number of nitrogens with zero attached hydrogens (tertiary/aromatic N) is 4. The van der Waals surface area contributed by atoms with Gasteiger partial charge in [0.2, 0.25) is 0 Å². The molecule has 0 bridgehead atoms. The van der Waals surface area contributed by atoms with Crippen molar-refractivity contribution >= 4 is 114 Å². The molecule has 7 rings (SSSR count). The highest BCUT2D eigenvalue weighted by Crippen LogP contribution is 2.42. The molecule has 14 heteroatoms. The number of hydrogen-bond acceptors (Lipinski definition) is 8. The van der Waals surface area contributed by atoms with Gasteiger partial charge in [0, 0.05) is 22.1 Å². The van der Waals surface area contributed by atoms with Gasteiger partial charge in [-0.15, -0.1) is 10.2 Å². The van der Waals surface area contributed by atoms with Crippen LogP contribution in [0.2, 0.25) is 20.1 Å². The lowest BCUT2D eigenvalue weighted by atomic mass is 10.0. The summed E-state index contributed by atoms with van der Waals surface area (Å²) in [4.78, 5) is 27.5. The Kier molecular flexibility index (Phi) is 10.9. The number of aromatic hydroxyl groups is 2. The Morgan fingerprint density at radius 2 is 0.946 bits per heavy atom. The number of amides is 2. The molecule has 0 spiro atoms. The van der Waals surface area contributed by atoms with E-state index in [0.717, 1.165) is 0 Å². The van der Waals surface area contributed by atoms with Gasteiger partial charge >= 0.3 is 0 Å². The number of benzene rings is 7. The van der Waals surface area contributed by atoms with E-state index < -0.39 is 11.8 Å². The monoisotopic (exact) mass is 820 g/mol. The number of carbonyl (C=O) groups is 2. The largest absolute Gasteiger partial charge is 0.505 e. The van der Waals surface area contributed by atoms with Crippen molar-refractivity contribution < 1.29 is 19.8 Å². The number of aryl methyl sites for hydroxylation is 2. The average molecular weight is 823 g/mol. The normalized spacial score (nSPS) is 11.5. The van der Waals surface area contributed by atoms with Gasteiger partial charge in [-0.05, 0) is 96.4 Å². The molecular formula is C42H28Cl4N6O4. The number of hydrogen-bond donors (Lipinski definition) is 4. The van der Waals surface area contributed by atoms with E-state index in [-0.39, 0.29) is 34.0 Å². The molecule has 0 aliphatic rings. The van der Waals surface area contributed by atoms with E-state index >= 15 is 0 Å². The van der Waals surface area contributed by atoms with Crippen LogP contribution in [-0.4, -0.2) is 22.0 Å². The quantitative estimate of drug-likeness (QED) is 0.113. The number of fused-ring (bicyclic) bond motifs is 2. The maximum absolute atomic E-state index is 13.8. The van der Waals surface area contributed by atoms with Crippen molar-refractivity contribution in [1.29, 1.82) is 0 Å². The molecule has 0 atom stereocenters. The van der Waals surface area contributed by atoms with E-state index in [4.69, 9.17) is 46.4 Å². The maximum atomic E-state index is 13.8. The van der Waals surface area contributed by atoms with E-state index in [1.807, 2.05) is 6.07 Å². The summed E-state index contributed by atoms with van der Waals surface area (Å²) >= 11 is 24.3. The molecule has 0 radical (unpaired) electrons. The zero-order valence-corrected chi connectivity index (χ0v) is 32.4. The van der Waals surface area contributed by atoms with Crippen molar-refractivity contribution in [1.82, 2.24) is 0 Å². The van der Waals surface area contributed by atoms with E-state index in [9.17, 15) is 19.8 Å². The van der Waals surface area contributed by atoms with Crippen molar-refractivity contribution in [3.05, 3.63) is 152 Å². The second-order valence-corrected chi connectivity index (χ2v) is 14.3. The van der Waals surface area contributed by atoms with E-state index in [1.54, 1.807) is 105 Å². The molecule has 278 valence electrons. The minimum atomic E-state index is -0.599. The maximum Gasteiger partial charge on any atom is 0.259 e. The lowest BCUT2D eigenvalue weighted by Crippen LogP contribution is -2.16. The van der Waals surface area contributed by atoms with Crippen LogP contribution in [0.4, 0.5) is 34.1 Å². The lowest BCUT2D eigenvalue weighted by molar-refractivity contribution is 0.101. The predicted molar refractivity (Wildman–Crippen MR) is 224 cm³/mol. The van der Waals surface area contributed by atoms with Gasteiger partial charge in [0.05, 0.1) is 42.6 Å². The molecular weight excluding hydrogens is 794 g/mol. The Hall–Kier alpha value is -6.04. The van der Waals surface area contributed by atoms with Gasteiger partial charge in [-0.25, -0.2) is 0 Å². The first-order chi connectivity index (χ1) is 26.9. The number of azo groups is 2. The highest BCUT2D eigenvalue weighted by molar-refractivity contribution is 6.42. The zero-order valence-electron chi connectivity index (χ0n) is 29.4. The fraction of sp³-hybridized carbons (Fsp3) is 0.0476. The van der Waals surface area contributed by atoms with E-state index in [2.05, 4.69) is 31.1 Å². The van der Waals surface area contributed by atoms with Crippen molar-refractivity contribution in [3.63, 3.8) is 0 Å². The van der Waals surface area contributed by atoms with Crippen LogP contribution in [0.25, 0.3) is 21.5 Å². The number of nitrogens with one attached hydrogen (secondary N) is 2. The van der Waals surface area contributed by atoms with Gasteiger partial charge in [-0.2, -0.15) is 10.2 Å². The fourth-order valence-corrected chi connectivity index (χ4v) is 6.69. The first-order valence-corrected chi connectivity index (χ1v) is 18.4. The summed E-state index contributed by atoms with van der Waals surface area (Å²) in [5, 5.41) is 49.3. The first-order valence-electron chi connectivity index (χ1n) is 16.8. The minimum absolute atomic E-state index is 0.0261. The predicted octanol–water partition coefficient (Wildman–Crippen LogP) is 14.0. The standard InChI is InChI=1S/C42H28Cl4N6O4/c1-21-15-27(47-41(55)30-17-23-7-3-5-9-28(23)37(39(30)53)51-49-25-11-13-32(43)34(45)19-25)16-22(2)36(21)48-42(56)31-18-24-8-4-6-10-29(24)38(40(31)54)52-50-26-12-14-33(44)35(46)20-26/h3-20,53-54H,1-2H3,(H,47,55)(H,48,56). The molecule has 0 heterocycles. The molecule has 0 saturated carbocycles. The molecule has 56 heavy (non-hydrogen) atoms. The molecule has 7 aromatic rings. The molecule has 10 nitrogen and oxygen atoms in total. The number of anilines is 2. The molecule has 2 amide bonds. The third-order valence-electron chi connectivity index (χ3n) is 8.85. The van der Waals surface area contributed by atoms with Gasteiger partial charge in [0.25, 0.3) is 11.8 Å². The number of rotatable bonds is 8. The van der Waals surface area contributed by atoms with Crippen LogP contribution in [0.5, 0.6) is 11.5 Å². The SMILES string of the molecule is Cc1cc(NC(=O)c2cc3ccccc3c(N=Nc3ccc(Cl)c(Cl)c3)c2O)cc(C)c1NC(=O)c1cc2ccccc2c(N=Nc2ccc(Cl)c(Cl)c2)c1O. The second-order valence-electron chi connectivity index (χ2n) is 12.7. The van der Waals surface area contributed by atoms with E-state index in [0.29, 0.717) is 75.5 Å². The topological polar surface area (TPSA) is 148 Å². The fourth-order valence-electron chi connectivity index (χ4n) is 6.11. The van der Waals surface area contributed by atoms with E-state index in [1.165, 1.54) is 12.1 Å². The Morgan fingerprint density at radius 1 is 0.518 bits per heavy atom. The lowest BCUT2D eigenvalue weighted by Gasteiger charge is -2.16. The molecule has 0 saturated heterocycles. The van der Waals surface area contributed by atoms with Gasteiger partial charge in [-0.1, -0.05) is 94.9 Å². The third kappa shape index (κ3) is 7.87. The van der Waals surface area contributed by atoms with Crippen molar-refractivity contribution in [3.8, 4) is 11.5 Å². The van der Waals surface area contributed by atoms with Crippen LogP contribution in [-0.2, 0) is 0 Å². The highest BCUT2D eigenvalue weighted by Gasteiger charge is 2.22. The summed E-state index contributed by atoms with van der Waals surface area (Å²) < 4.78 is 0. The average Bonchev–Trinajstić information content (AvgIpc) is 3.17. The molecule has 0 aliphatic carbocycles. The van der Waals surface area contributed by atoms with Crippen LogP contribution in [0.15, 0.2) is 130 Å². The van der Waals surface area contributed by atoms with Crippen LogP contribution < -0.4 is 10.6 Å². The highest BCUT2D eigenvalue weighted by atomic mass is 35.5. The molecule has 7 aromatic carbocycles. The summed E-state index contributed by atoms with van der Waals surface area (Å²) in [6.07, 6.45) is 0. The summed E-state index contributed by atoms with van der Waals surface area (Å²) in [6.45, 7) is 3.54. The molecule has 0 aromatic heterocycles. The van der Waals surface area contributed by atoms with Gasteiger partial charge in [0.15, 0.2) is 11.5 Å². The van der Waals surface area contributed by atoms with Gasteiger partial charge in [0.1, 0.15) is 11.4 Å². The van der Waals surface area contributed by atoms with Gasteiger partial charge < -0.3 is 20.8 Å². The number of phenolic OH excluding ortho intramolecular Hbond substituents is 2. The first kappa shape index (κ1) is 38.2. The Bertz CT molecular complexity index is 2790. The van der Waals surface area contributed by atoms with Crippen LogP contribution in [0, 0.1) is 13.8 Å². The van der Waals surface area contributed by atoms with Crippen LogP contribution in [0.1, 0.15) is 31.8 Å². The smallest absolute Gasteiger partial charge is 0.259 e. The molecule has 0 unspecified atom stereocenters. The molecule has 0 fully saturated rings. The van der Waals surface area contributed by atoms with Crippen molar-refractivity contribution in [2.45, 2.75) is 13.8 Å². The molecule has 0 aliphatic heterocycles. The Morgan fingerprint density at radius 3 is 1.39 bits per heavy atom. The Balaban J connectivity index is 1.16. The van der Waals surface area contributed by atoms with Crippen LogP contribution in [0.3, 0.4) is 0 Å². The third-order valence-corrected chi connectivity index (χ3v) is 10.3. The summed E-state index contributed by atoms with van der Waals surface area (Å²) in [5.74, 6) is -1.92. The second kappa shape index (κ2) is 16.0. The number of halogens is 4.